The molecular weight excluding hydrogens is 356 g/mol. The van der Waals surface area contributed by atoms with Gasteiger partial charge >= 0.3 is 0 Å². The third kappa shape index (κ3) is 8.78. The fourth-order valence-corrected chi connectivity index (χ4v) is 3.69. The van der Waals surface area contributed by atoms with Crippen molar-refractivity contribution < 1.29 is 14.3 Å². The molecule has 1 saturated heterocycles. The van der Waals surface area contributed by atoms with E-state index in [2.05, 4.69) is 22.5 Å². The standard InChI is InChI=1S/C21H40N4O3/c1-17-7-4-5-8-19(17)24-21(23-15-20(26)25(2)3)22-11-6-12-28-16-18-9-13-27-14-10-18/h17-19H,4-16H2,1-3H3,(H2,22,23,24). The molecule has 2 atom stereocenters. The molecule has 1 aliphatic heterocycles. The highest BCUT2D eigenvalue weighted by Gasteiger charge is 2.22. The van der Waals surface area contributed by atoms with E-state index in [1.165, 1.54) is 19.3 Å². The summed E-state index contributed by atoms with van der Waals surface area (Å²) in [4.78, 5) is 18.0. The number of amides is 1. The minimum atomic E-state index is 0.0117. The highest BCUT2D eigenvalue weighted by atomic mass is 16.5. The Hall–Kier alpha value is -1.34. The van der Waals surface area contributed by atoms with Gasteiger partial charge in [0, 0.05) is 53.1 Å². The van der Waals surface area contributed by atoms with E-state index in [1.807, 2.05) is 0 Å². The van der Waals surface area contributed by atoms with E-state index in [0.29, 0.717) is 17.9 Å². The van der Waals surface area contributed by atoms with Crippen LogP contribution in [0.4, 0.5) is 0 Å². The monoisotopic (exact) mass is 396 g/mol. The Kier molecular flexibility index (Phi) is 10.6. The molecule has 0 spiro atoms. The molecule has 162 valence electrons. The van der Waals surface area contributed by atoms with Crippen molar-refractivity contribution in [2.45, 2.75) is 57.9 Å². The fourth-order valence-electron chi connectivity index (χ4n) is 3.69. The molecule has 0 bridgehead atoms. The first-order chi connectivity index (χ1) is 13.6. The minimum absolute atomic E-state index is 0.0117. The second kappa shape index (κ2) is 13.0. The molecule has 1 amide bonds. The van der Waals surface area contributed by atoms with Crippen LogP contribution in [0.2, 0.25) is 0 Å². The number of ether oxygens (including phenoxy) is 2. The maximum atomic E-state index is 11.9. The lowest BCUT2D eigenvalue weighted by Crippen LogP contribution is -2.48. The Balaban J connectivity index is 1.71. The molecule has 1 saturated carbocycles. The summed E-state index contributed by atoms with van der Waals surface area (Å²) in [5.74, 6) is 2.04. The van der Waals surface area contributed by atoms with Crippen molar-refractivity contribution in [3.63, 3.8) is 0 Å². The molecule has 1 heterocycles. The molecular formula is C21H40N4O3. The molecule has 28 heavy (non-hydrogen) atoms. The normalized spacial score (nSPS) is 24.0. The Morgan fingerprint density at radius 2 is 1.93 bits per heavy atom. The zero-order valence-corrected chi connectivity index (χ0v) is 18.0. The maximum absolute atomic E-state index is 11.9. The number of carbonyl (C=O) groups excluding carboxylic acids is 1. The summed E-state index contributed by atoms with van der Waals surface area (Å²) in [5, 5.41) is 6.94. The lowest BCUT2D eigenvalue weighted by atomic mass is 9.86. The number of nitrogens with one attached hydrogen (secondary N) is 2. The molecule has 2 unspecified atom stereocenters. The molecule has 0 aromatic heterocycles. The predicted octanol–water partition coefficient (Wildman–Crippen LogP) is 2.02. The molecule has 2 N–H and O–H groups in total. The van der Waals surface area contributed by atoms with E-state index in [9.17, 15) is 4.79 Å². The third-order valence-corrected chi connectivity index (χ3v) is 5.76. The van der Waals surface area contributed by atoms with Gasteiger partial charge in [-0.2, -0.15) is 0 Å². The van der Waals surface area contributed by atoms with Gasteiger partial charge in [0.25, 0.3) is 0 Å². The molecule has 2 fully saturated rings. The first-order valence-corrected chi connectivity index (χ1v) is 11.0. The van der Waals surface area contributed by atoms with Gasteiger partial charge in [-0.15, -0.1) is 0 Å². The molecule has 2 rings (SSSR count). The van der Waals surface area contributed by atoms with E-state index < -0.39 is 0 Å². The maximum Gasteiger partial charge on any atom is 0.243 e. The number of nitrogens with zero attached hydrogens (tertiary/aromatic N) is 2. The van der Waals surface area contributed by atoms with Gasteiger partial charge in [-0.25, -0.2) is 4.99 Å². The first kappa shape index (κ1) is 22.9. The Labute approximate surface area is 170 Å². The number of carbonyl (C=O) groups is 1. The van der Waals surface area contributed by atoms with Crippen LogP contribution in [0.1, 0.15) is 51.9 Å². The van der Waals surface area contributed by atoms with Gasteiger partial charge < -0.3 is 25.0 Å². The van der Waals surface area contributed by atoms with E-state index in [0.717, 1.165) is 64.6 Å². The lowest BCUT2D eigenvalue weighted by Gasteiger charge is -2.31. The van der Waals surface area contributed by atoms with Crippen molar-refractivity contribution in [3.05, 3.63) is 0 Å². The summed E-state index contributed by atoms with van der Waals surface area (Å²) in [6, 6.07) is 0.430. The molecule has 1 aliphatic carbocycles. The van der Waals surface area contributed by atoms with Crippen molar-refractivity contribution in [2.24, 2.45) is 16.8 Å². The molecule has 7 nitrogen and oxygen atoms in total. The van der Waals surface area contributed by atoms with E-state index in [1.54, 1.807) is 19.0 Å². The number of rotatable bonds is 9. The molecule has 7 heteroatoms. The second-order valence-electron chi connectivity index (χ2n) is 8.38. The summed E-state index contributed by atoms with van der Waals surface area (Å²) >= 11 is 0. The Bertz CT molecular complexity index is 478. The second-order valence-corrected chi connectivity index (χ2v) is 8.38. The summed E-state index contributed by atoms with van der Waals surface area (Å²) in [6.07, 6.45) is 8.12. The number of guanidine groups is 1. The zero-order chi connectivity index (χ0) is 20.2. The average Bonchev–Trinajstić information content (AvgIpc) is 2.70. The van der Waals surface area contributed by atoms with Gasteiger partial charge in [-0.05, 0) is 43.9 Å². The zero-order valence-electron chi connectivity index (χ0n) is 18.0. The molecule has 2 aliphatic rings. The van der Waals surface area contributed by atoms with E-state index in [4.69, 9.17) is 9.47 Å². The topological polar surface area (TPSA) is 75.2 Å². The van der Waals surface area contributed by atoms with Crippen LogP contribution in [0.5, 0.6) is 0 Å². The van der Waals surface area contributed by atoms with Gasteiger partial charge in [0.05, 0.1) is 0 Å². The van der Waals surface area contributed by atoms with Crippen LogP contribution >= 0.6 is 0 Å². The molecule has 0 radical (unpaired) electrons. The van der Waals surface area contributed by atoms with Gasteiger partial charge in [0.2, 0.25) is 5.91 Å². The van der Waals surface area contributed by atoms with Crippen LogP contribution < -0.4 is 10.6 Å². The average molecular weight is 397 g/mol. The number of hydrogen-bond acceptors (Lipinski definition) is 4. The largest absolute Gasteiger partial charge is 0.381 e. The highest BCUT2D eigenvalue weighted by molar-refractivity contribution is 5.84. The first-order valence-electron chi connectivity index (χ1n) is 11.0. The van der Waals surface area contributed by atoms with Crippen LogP contribution in [0.3, 0.4) is 0 Å². The number of aliphatic imine (C=N–C) groups is 1. The Morgan fingerprint density at radius 3 is 2.64 bits per heavy atom. The van der Waals surface area contributed by atoms with Gasteiger partial charge in [-0.1, -0.05) is 19.8 Å². The summed E-state index contributed by atoms with van der Waals surface area (Å²) in [6.45, 7) is 6.57. The summed E-state index contributed by atoms with van der Waals surface area (Å²) in [5.41, 5.74) is 0. The smallest absolute Gasteiger partial charge is 0.243 e. The summed E-state index contributed by atoms with van der Waals surface area (Å²) in [7, 11) is 3.52. The number of likely N-dealkylation sites (N-methyl/N-ethyl adjacent to an activating group) is 1. The van der Waals surface area contributed by atoms with Crippen molar-refractivity contribution in [3.8, 4) is 0 Å². The predicted molar refractivity (Wildman–Crippen MR) is 113 cm³/mol. The van der Waals surface area contributed by atoms with Crippen LogP contribution in [0.25, 0.3) is 0 Å². The molecule has 0 aromatic rings. The van der Waals surface area contributed by atoms with Crippen molar-refractivity contribution >= 4 is 11.9 Å². The van der Waals surface area contributed by atoms with Gasteiger partial charge in [0.15, 0.2) is 5.96 Å². The minimum Gasteiger partial charge on any atom is -0.381 e. The van der Waals surface area contributed by atoms with Crippen LogP contribution in [-0.4, -0.2) is 76.4 Å². The van der Waals surface area contributed by atoms with Crippen LogP contribution in [0.15, 0.2) is 4.99 Å². The van der Waals surface area contributed by atoms with Crippen molar-refractivity contribution in [1.29, 1.82) is 0 Å². The highest BCUT2D eigenvalue weighted by Crippen LogP contribution is 2.23. The number of hydrogen-bond donors (Lipinski definition) is 2. The van der Waals surface area contributed by atoms with Gasteiger partial charge in [0.1, 0.15) is 6.54 Å². The third-order valence-electron chi connectivity index (χ3n) is 5.76. The summed E-state index contributed by atoms with van der Waals surface area (Å²) < 4.78 is 11.2. The van der Waals surface area contributed by atoms with Crippen LogP contribution in [0, 0.1) is 11.8 Å². The van der Waals surface area contributed by atoms with Crippen LogP contribution in [-0.2, 0) is 14.3 Å². The SMILES string of the molecule is CC1CCCCC1NC(=NCC(=O)N(C)C)NCCCOCC1CCOCC1. The van der Waals surface area contributed by atoms with Crippen molar-refractivity contribution in [1.82, 2.24) is 15.5 Å². The van der Waals surface area contributed by atoms with E-state index >= 15 is 0 Å². The quantitative estimate of drug-likeness (QED) is 0.354. The Morgan fingerprint density at radius 1 is 1.18 bits per heavy atom. The van der Waals surface area contributed by atoms with Gasteiger partial charge in [-0.3, -0.25) is 4.79 Å². The molecule has 0 aromatic carbocycles. The fraction of sp³-hybridized carbons (Fsp3) is 0.905. The van der Waals surface area contributed by atoms with Crippen molar-refractivity contribution in [2.75, 3.05) is 53.6 Å². The lowest BCUT2D eigenvalue weighted by molar-refractivity contribution is -0.127. The van der Waals surface area contributed by atoms with E-state index in [-0.39, 0.29) is 12.5 Å².